The number of fused-ring (bicyclic) bond motifs is 1. The molecule has 6 nitrogen and oxygen atoms in total. The van der Waals surface area contributed by atoms with Gasteiger partial charge < -0.3 is 19.7 Å². The minimum atomic E-state index is -0.966. The van der Waals surface area contributed by atoms with Gasteiger partial charge in [0.15, 0.2) is 5.60 Å². The number of anilines is 2. The van der Waals surface area contributed by atoms with Crippen LogP contribution in [0.3, 0.4) is 0 Å². The zero-order valence-corrected chi connectivity index (χ0v) is 18.2. The summed E-state index contributed by atoms with van der Waals surface area (Å²) in [5.74, 6) is 1.14. The number of rotatable bonds is 8. The highest BCUT2D eigenvalue weighted by Crippen LogP contribution is 2.38. The summed E-state index contributed by atoms with van der Waals surface area (Å²) in [6.07, 6.45) is 2.28. The number of carbonyl (C=O) groups excluding carboxylic acids is 2. The van der Waals surface area contributed by atoms with Gasteiger partial charge in [-0.25, -0.2) is 0 Å². The highest BCUT2D eigenvalue weighted by Gasteiger charge is 2.40. The van der Waals surface area contributed by atoms with Crippen molar-refractivity contribution in [2.75, 3.05) is 23.4 Å². The van der Waals surface area contributed by atoms with E-state index < -0.39 is 5.60 Å². The van der Waals surface area contributed by atoms with Crippen LogP contribution >= 0.6 is 0 Å². The summed E-state index contributed by atoms with van der Waals surface area (Å²) in [5.41, 5.74) is 1.47. The van der Waals surface area contributed by atoms with Crippen LogP contribution in [-0.2, 0) is 9.59 Å². The molecule has 2 aromatic rings. The minimum Gasteiger partial charge on any atom is -0.494 e. The Bertz CT molecular complexity index is 906. The molecule has 1 aliphatic heterocycles. The van der Waals surface area contributed by atoms with Gasteiger partial charge in [-0.2, -0.15) is 0 Å². The molecule has 0 bridgehead atoms. The summed E-state index contributed by atoms with van der Waals surface area (Å²) in [6, 6.07) is 13.1. The van der Waals surface area contributed by atoms with Crippen LogP contribution in [0.4, 0.5) is 11.4 Å². The normalized spacial score (nSPS) is 14.7. The van der Waals surface area contributed by atoms with E-state index in [0.717, 1.165) is 24.2 Å². The van der Waals surface area contributed by atoms with Gasteiger partial charge in [-0.3, -0.25) is 9.59 Å². The fourth-order valence-corrected chi connectivity index (χ4v) is 3.31. The van der Waals surface area contributed by atoms with Crippen molar-refractivity contribution >= 4 is 23.2 Å². The Labute approximate surface area is 178 Å². The molecule has 0 atom stereocenters. The van der Waals surface area contributed by atoms with Crippen molar-refractivity contribution in [3.63, 3.8) is 0 Å². The van der Waals surface area contributed by atoms with E-state index in [1.165, 1.54) is 0 Å². The van der Waals surface area contributed by atoms with E-state index in [1.54, 1.807) is 18.7 Å². The standard InChI is InChI=1S/C24H30N2O4/c1-5-6-15-29-19-10-8-18(9-11-19)25-22(27)13-14-26-20-16-17(2)7-12-21(20)30-24(3,4)23(26)28/h7-12,16H,5-6,13-15H2,1-4H3,(H,25,27). The molecule has 0 saturated carbocycles. The molecule has 0 aromatic heterocycles. The largest absolute Gasteiger partial charge is 0.494 e. The molecule has 0 saturated heterocycles. The zero-order chi connectivity index (χ0) is 21.7. The lowest BCUT2D eigenvalue weighted by Gasteiger charge is -2.38. The number of carbonyl (C=O) groups is 2. The highest BCUT2D eigenvalue weighted by atomic mass is 16.5. The lowest BCUT2D eigenvalue weighted by atomic mass is 10.0. The molecule has 2 amide bonds. The van der Waals surface area contributed by atoms with Crippen LogP contribution in [0.25, 0.3) is 0 Å². The van der Waals surface area contributed by atoms with E-state index in [-0.39, 0.29) is 24.8 Å². The van der Waals surface area contributed by atoms with Crippen LogP contribution in [0.2, 0.25) is 0 Å². The van der Waals surface area contributed by atoms with Crippen LogP contribution in [0, 0.1) is 6.92 Å². The van der Waals surface area contributed by atoms with Crippen molar-refractivity contribution < 1.29 is 19.1 Å². The molecule has 1 heterocycles. The lowest BCUT2D eigenvalue weighted by molar-refractivity contribution is -0.132. The van der Waals surface area contributed by atoms with Gasteiger partial charge >= 0.3 is 0 Å². The Balaban J connectivity index is 1.61. The maximum absolute atomic E-state index is 12.9. The number of nitrogens with one attached hydrogen (secondary N) is 1. The van der Waals surface area contributed by atoms with Crippen molar-refractivity contribution in [2.24, 2.45) is 0 Å². The van der Waals surface area contributed by atoms with Crippen LogP contribution in [-0.4, -0.2) is 30.6 Å². The SMILES string of the molecule is CCCCOc1ccc(NC(=O)CCN2C(=O)C(C)(C)Oc3ccc(C)cc32)cc1. The second-order valence-electron chi connectivity index (χ2n) is 8.06. The first kappa shape index (κ1) is 21.7. The Morgan fingerprint density at radius 2 is 1.90 bits per heavy atom. The molecule has 0 spiro atoms. The van der Waals surface area contributed by atoms with Gasteiger partial charge in [0, 0.05) is 18.7 Å². The van der Waals surface area contributed by atoms with E-state index in [1.807, 2.05) is 49.4 Å². The maximum Gasteiger partial charge on any atom is 0.270 e. The number of aryl methyl sites for hydroxylation is 1. The molecule has 0 aliphatic carbocycles. The summed E-state index contributed by atoms with van der Waals surface area (Å²) < 4.78 is 11.5. The van der Waals surface area contributed by atoms with E-state index in [4.69, 9.17) is 9.47 Å². The molecular formula is C24H30N2O4. The minimum absolute atomic E-state index is 0.151. The number of benzene rings is 2. The zero-order valence-electron chi connectivity index (χ0n) is 18.2. The van der Waals surface area contributed by atoms with Crippen LogP contribution in [0.15, 0.2) is 42.5 Å². The van der Waals surface area contributed by atoms with E-state index in [9.17, 15) is 9.59 Å². The molecule has 1 N–H and O–H groups in total. The van der Waals surface area contributed by atoms with Crippen molar-refractivity contribution in [1.82, 2.24) is 0 Å². The second kappa shape index (κ2) is 9.20. The van der Waals surface area contributed by atoms with E-state index in [2.05, 4.69) is 12.2 Å². The van der Waals surface area contributed by atoms with Crippen LogP contribution < -0.4 is 19.7 Å². The first-order chi connectivity index (χ1) is 14.3. The Morgan fingerprint density at radius 1 is 1.17 bits per heavy atom. The maximum atomic E-state index is 12.9. The van der Waals surface area contributed by atoms with E-state index >= 15 is 0 Å². The molecule has 0 fully saturated rings. The molecule has 30 heavy (non-hydrogen) atoms. The van der Waals surface area contributed by atoms with Crippen LogP contribution in [0.5, 0.6) is 11.5 Å². The fourth-order valence-electron chi connectivity index (χ4n) is 3.31. The van der Waals surface area contributed by atoms with Gasteiger partial charge in [0.05, 0.1) is 12.3 Å². The van der Waals surface area contributed by atoms with Gasteiger partial charge in [-0.1, -0.05) is 19.4 Å². The molecular weight excluding hydrogens is 380 g/mol. The number of unbranched alkanes of at least 4 members (excludes halogenated alkanes) is 1. The Hall–Kier alpha value is -3.02. The summed E-state index contributed by atoms with van der Waals surface area (Å²) in [4.78, 5) is 27.0. The number of ether oxygens (including phenoxy) is 2. The van der Waals surface area contributed by atoms with Crippen LogP contribution in [0.1, 0.15) is 45.6 Å². The predicted octanol–water partition coefficient (Wildman–Crippen LogP) is 4.71. The van der Waals surface area contributed by atoms with Gasteiger partial charge in [0.1, 0.15) is 11.5 Å². The van der Waals surface area contributed by atoms with Crippen molar-refractivity contribution in [2.45, 2.75) is 52.6 Å². The Morgan fingerprint density at radius 3 is 2.60 bits per heavy atom. The molecule has 3 rings (SSSR count). The molecule has 2 aromatic carbocycles. The smallest absolute Gasteiger partial charge is 0.270 e. The summed E-state index contributed by atoms with van der Waals surface area (Å²) in [7, 11) is 0. The third-order valence-corrected chi connectivity index (χ3v) is 5.00. The van der Waals surface area contributed by atoms with Gasteiger partial charge in [0.25, 0.3) is 5.91 Å². The van der Waals surface area contributed by atoms with E-state index in [0.29, 0.717) is 23.7 Å². The number of nitrogens with zero attached hydrogens (tertiary/aromatic N) is 1. The second-order valence-corrected chi connectivity index (χ2v) is 8.06. The number of amides is 2. The first-order valence-corrected chi connectivity index (χ1v) is 10.4. The van der Waals surface area contributed by atoms with Gasteiger partial charge in [-0.05, 0) is 69.2 Å². The molecule has 6 heteroatoms. The van der Waals surface area contributed by atoms with Crippen molar-refractivity contribution in [1.29, 1.82) is 0 Å². The molecule has 160 valence electrons. The van der Waals surface area contributed by atoms with Gasteiger partial charge in [-0.15, -0.1) is 0 Å². The third-order valence-electron chi connectivity index (χ3n) is 5.00. The Kier molecular flexibility index (Phi) is 6.65. The predicted molar refractivity (Wildman–Crippen MR) is 118 cm³/mol. The fraction of sp³-hybridized carbons (Fsp3) is 0.417. The third kappa shape index (κ3) is 5.12. The van der Waals surface area contributed by atoms with Gasteiger partial charge in [0.2, 0.25) is 5.91 Å². The summed E-state index contributed by atoms with van der Waals surface area (Å²) in [6.45, 7) is 8.54. The number of hydrogen-bond donors (Lipinski definition) is 1. The molecule has 0 unspecified atom stereocenters. The van der Waals surface area contributed by atoms with Crippen molar-refractivity contribution in [3.05, 3.63) is 48.0 Å². The number of hydrogen-bond acceptors (Lipinski definition) is 4. The first-order valence-electron chi connectivity index (χ1n) is 10.4. The highest BCUT2D eigenvalue weighted by molar-refractivity contribution is 6.03. The lowest BCUT2D eigenvalue weighted by Crippen LogP contribution is -2.53. The average molecular weight is 411 g/mol. The topological polar surface area (TPSA) is 67.9 Å². The molecule has 0 radical (unpaired) electrons. The van der Waals surface area contributed by atoms with Crippen molar-refractivity contribution in [3.8, 4) is 11.5 Å². The molecule has 1 aliphatic rings. The quantitative estimate of drug-likeness (QED) is 0.640. The monoisotopic (exact) mass is 410 g/mol. The average Bonchev–Trinajstić information content (AvgIpc) is 2.70. The summed E-state index contributed by atoms with van der Waals surface area (Å²) >= 11 is 0. The summed E-state index contributed by atoms with van der Waals surface area (Å²) in [5, 5.41) is 2.88.